The van der Waals surface area contributed by atoms with Crippen LogP contribution in [0.5, 0.6) is 0 Å². The zero-order valence-corrected chi connectivity index (χ0v) is 48.0. The summed E-state index contributed by atoms with van der Waals surface area (Å²) in [5.41, 5.74) is 4.55. The van der Waals surface area contributed by atoms with E-state index in [0.29, 0.717) is 61.1 Å². The molecule has 26 heteroatoms. The summed E-state index contributed by atoms with van der Waals surface area (Å²) in [5, 5.41) is 21.6. The zero-order chi connectivity index (χ0) is 57.8. The fourth-order valence-corrected chi connectivity index (χ4v) is 10.0. The predicted octanol–water partition coefficient (Wildman–Crippen LogP) is 8.49. The summed E-state index contributed by atoms with van der Waals surface area (Å²) < 4.78 is 108. The van der Waals surface area contributed by atoms with Gasteiger partial charge in [0.2, 0.25) is 20.0 Å². The average Bonchev–Trinajstić information content (AvgIpc) is 4.38. The molecule has 2 N–H and O–H groups in total. The van der Waals surface area contributed by atoms with Crippen LogP contribution in [0.4, 0.5) is 20.2 Å². The third kappa shape index (κ3) is 11.1. The molecule has 1 saturated heterocycles. The normalized spacial score (nSPS) is 13.9. The Balaban J connectivity index is 0.000000164. The van der Waals surface area contributed by atoms with Crippen molar-refractivity contribution in [3.8, 4) is 33.8 Å². The maximum Gasteiger partial charge on any atom is 0.497 e. The Hall–Kier alpha value is -8.04. The first-order valence-corrected chi connectivity index (χ1v) is 28.8. The van der Waals surface area contributed by atoms with Crippen molar-refractivity contribution in [1.82, 2.24) is 39.8 Å². The van der Waals surface area contributed by atoms with Crippen molar-refractivity contribution >= 4 is 105 Å². The van der Waals surface area contributed by atoms with E-state index < -0.39 is 61.8 Å². The van der Waals surface area contributed by atoms with Crippen molar-refractivity contribution in [3.05, 3.63) is 149 Å². The van der Waals surface area contributed by atoms with Crippen molar-refractivity contribution in [2.45, 2.75) is 38.9 Å². The van der Waals surface area contributed by atoms with Gasteiger partial charge in [0.05, 0.1) is 46.2 Å². The Bertz CT molecular complexity index is 4250. The molecule has 0 saturated carbocycles. The third-order valence-electron chi connectivity index (χ3n) is 13.8. The molecule has 4 aromatic carbocycles. The second-order valence-electron chi connectivity index (χ2n) is 19.6. The molecule has 0 atom stereocenters. The van der Waals surface area contributed by atoms with Gasteiger partial charge in [0, 0.05) is 95.7 Å². The minimum Gasteiger partial charge on any atom is -0.455 e. The van der Waals surface area contributed by atoms with Crippen LogP contribution in [0.3, 0.4) is 0 Å². The van der Waals surface area contributed by atoms with E-state index in [1.165, 1.54) is 83.0 Å². The fraction of sp³-hybridized carbons (Fsp3) is 0.222. The van der Waals surface area contributed by atoms with Crippen LogP contribution in [0.2, 0.25) is 0 Å². The predicted molar refractivity (Wildman–Crippen MR) is 305 cm³/mol. The standard InChI is InChI=1S/C24H28BFN2O6S.C24H20FN5O4S.C6H4BrN3/c1-23(2)24(3,4)34-25(33-23)17-12-16-19(13-18(17)28(6)35(7,30)31)32-21(20(16)22(29)27-5)14-8-10-15(26)11-9-14;1-26-24(31)22-18-10-17(15-6-9-21-28-27-13-30(21)12-15)19(29(2)35(3,32)33)11-20(18)34-23(22)14-4-7-16(25)8-5-14;7-5-1-2-6-9-8-4-10(6)3-5/h8-13H,1-7H3,(H,27,29);4-13H,1-3H3,(H,26,31);1-4H. The molecule has 0 spiro atoms. The lowest BCUT2D eigenvalue weighted by Gasteiger charge is -2.32. The smallest absolute Gasteiger partial charge is 0.455 e. The maximum atomic E-state index is 13.5. The van der Waals surface area contributed by atoms with E-state index in [-0.39, 0.29) is 28.2 Å². The van der Waals surface area contributed by atoms with Gasteiger partial charge in [-0.2, -0.15) is 0 Å². The van der Waals surface area contributed by atoms with Crippen LogP contribution in [-0.4, -0.2) is 117 Å². The zero-order valence-electron chi connectivity index (χ0n) is 44.7. The molecule has 80 heavy (non-hydrogen) atoms. The minimum absolute atomic E-state index is 0.235. The van der Waals surface area contributed by atoms with Gasteiger partial charge in [-0.1, -0.05) is 0 Å². The summed E-state index contributed by atoms with van der Waals surface area (Å²) in [5.74, 6) is -1.17. The number of halogens is 3. The Morgan fingerprint density at radius 1 is 0.613 bits per heavy atom. The Labute approximate surface area is 467 Å². The highest BCUT2D eigenvalue weighted by Crippen LogP contribution is 2.43. The van der Waals surface area contributed by atoms with Gasteiger partial charge in [0.25, 0.3) is 11.8 Å². The number of furan rings is 2. The lowest BCUT2D eigenvalue weighted by atomic mass is 9.77. The number of carbonyl (C=O) groups is 2. The average molecular weight is 1190 g/mol. The number of benzene rings is 4. The molecule has 2 amide bonds. The first kappa shape index (κ1) is 56.7. The molecule has 1 aliphatic heterocycles. The second kappa shape index (κ2) is 21.5. The van der Waals surface area contributed by atoms with Crippen LogP contribution >= 0.6 is 15.9 Å². The van der Waals surface area contributed by atoms with Crippen LogP contribution < -0.4 is 24.7 Å². The molecule has 6 aromatic heterocycles. The van der Waals surface area contributed by atoms with Crippen LogP contribution in [0.1, 0.15) is 48.4 Å². The summed E-state index contributed by atoms with van der Waals surface area (Å²) >= 11 is 3.34. The van der Waals surface area contributed by atoms with Gasteiger partial charge in [-0.3, -0.25) is 27.0 Å². The van der Waals surface area contributed by atoms with Gasteiger partial charge in [0.15, 0.2) is 11.3 Å². The largest absolute Gasteiger partial charge is 0.497 e. The van der Waals surface area contributed by atoms with Crippen LogP contribution in [0, 0.1) is 11.6 Å². The Morgan fingerprint density at radius 3 is 1.51 bits per heavy atom. The molecule has 0 bridgehead atoms. The van der Waals surface area contributed by atoms with Crippen molar-refractivity contribution < 1.29 is 53.3 Å². The van der Waals surface area contributed by atoms with Crippen molar-refractivity contribution in [3.63, 3.8) is 0 Å². The minimum atomic E-state index is -3.66. The van der Waals surface area contributed by atoms with Crippen molar-refractivity contribution in [1.29, 1.82) is 0 Å². The van der Waals surface area contributed by atoms with E-state index in [1.54, 1.807) is 53.3 Å². The SMILES string of the molecule is Brc1ccc2nncn2c1.CNC(=O)c1c(-c2ccc(F)cc2)oc2cc(N(C)S(C)(=O)=O)c(-c3ccc4nncn4c3)cc12.CNC(=O)c1c(-c2ccc(F)cc2)oc2cc(N(C)S(C)(=O)=O)c(B3OC(C)(C)C(C)(C)O3)cc12. The molecule has 0 unspecified atom stereocenters. The maximum absolute atomic E-state index is 13.5. The first-order valence-electron chi connectivity index (χ1n) is 24.3. The molecule has 20 nitrogen and oxygen atoms in total. The Morgan fingerprint density at radius 2 is 1.04 bits per heavy atom. The number of nitrogens with zero attached hydrogens (tertiary/aromatic N) is 8. The number of pyridine rings is 2. The molecule has 11 rings (SSSR count). The van der Waals surface area contributed by atoms with Gasteiger partial charge in [-0.25, -0.2) is 25.6 Å². The van der Waals surface area contributed by atoms with Crippen LogP contribution in [0.15, 0.2) is 135 Å². The number of anilines is 2. The second-order valence-corrected chi connectivity index (χ2v) is 24.5. The molecule has 10 aromatic rings. The van der Waals surface area contributed by atoms with E-state index in [4.69, 9.17) is 18.1 Å². The fourth-order valence-electron chi connectivity index (χ4n) is 8.66. The van der Waals surface area contributed by atoms with Gasteiger partial charge in [-0.05, 0) is 129 Å². The summed E-state index contributed by atoms with van der Waals surface area (Å²) in [7, 11) is -2.31. The van der Waals surface area contributed by atoms with Gasteiger partial charge >= 0.3 is 7.12 Å². The summed E-state index contributed by atoms with van der Waals surface area (Å²) in [6.45, 7) is 7.58. The number of hydrogen-bond donors (Lipinski definition) is 2. The highest BCUT2D eigenvalue weighted by molar-refractivity contribution is 9.10. The number of hydrogen-bond acceptors (Lipinski definition) is 14. The first-order chi connectivity index (χ1) is 37.7. The number of aromatic nitrogens is 6. The highest BCUT2D eigenvalue weighted by atomic mass is 79.9. The number of amides is 2. The summed E-state index contributed by atoms with van der Waals surface area (Å²) in [4.78, 5) is 25.9. The van der Waals surface area contributed by atoms with E-state index in [0.717, 1.165) is 31.2 Å². The molecular weight excluding hydrogens is 1140 g/mol. The van der Waals surface area contributed by atoms with E-state index in [9.17, 15) is 35.2 Å². The number of nitrogens with one attached hydrogen (secondary N) is 2. The van der Waals surface area contributed by atoms with E-state index in [2.05, 4.69) is 47.0 Å². The quantitative estimate of drug-likeness (QED) is 0.122. The number of rotatable bonds is 10. The number of sulfonamides is 2. The van der Waals surface area contributed by atoms with Gasteiger partial charge in [0.1, 0.15) is 47.0 Å². The van der Waals surface area contributed by atoms with Gasteiger partial charge < -0.3 is 28.8 Å². The van der Waals surface area contributed by atoms with E-state index >= 15 is 0 Å². The molecule has 0 aliphatic carbocycles. The highest BCUT2D eigenvalue weighted by Gasteiger charge is 2.53. The lowest BCUT2D eigenvalue weighted by molar-refractivity contribution is 0.00578. The molecule has 0 radical (unpaired) electrons. The van der Waals surface area contributed by atoms with Crippen molar-refractivity contribution in [2.24, 2.45) is 0 Å². The molecule has 414 valence electrons. The van der Waals surface area contributed by atoms with Gasteiger partial charge in [-0.15, -0.1) is 20.4 Å². The van der Waals surface area contributed by atoms with E-state index in [1.807, 2.05) is 50.4 Å². The number of carbonyl (C=O) groups excluding carboxylic acids is 2. The summed E-state index contributed by atoms with van der Waals surface area (Å²) in [6.07, 6.45) is 9.09. The monoisotopic (exact) mass is 1190 g/mol. The molecule has 1 fully saturated rings. The Kier molecular flexibility index (Phi) is 15.3. The van der Waals surface area contributed by atoms with Crippen molar-refractivity contribution in [2.75, 3.05) is 49.3 Å². The molecule has 1 aliphatic rings. The van der Waals surface area contributed by atoms with Crippen LogP contribution in [0.25, 0.3) is 67.0 Å². The number of fused-ring (bicyclic) bond motifs is 4. The third-order valence-corrected chi connectivity index (χ3v) is 16.7. The molecular formula is C54H52BBrF2N10O10S2. The lowest BCUT2D eigenvalue weighted by Crippen LogP contribution is -2.41. The summed E-state index contributed by atoms with van der Waals surface area (Å²) in [6, 6.07) is 25.1. The van der Waals surface area contributed by atoms with Crippen LogP contribution in [-0.2, 0) is 29.4 Å². The topological polar surface area (TPSA) is 238 Å². The molecule has 7 heterocycles.